The first-order valence-electron chi connectivity index (χ1n) is 5.04. The number of amides is 1. The van der Waals surface area contributed by atoms with Crippen LogP contribution in [0.4, 0.5) is 0 Å². The summed E-state index contributed by atoms with van der Waals surface area (Å²) in [5, 5.41) is 6.91. The molecule has 0 heterocycles. The zero-order valence-electron chi connectivity index (χ0n) is 9.02. The minimum atomic E-state index is -0.0179. The fourth-order valence-corrected chi connectivity index (χ4v) is 1.86. The highest BCUT2D eigenvalue weighted by atomic mass is 35.5. The normalized spacial score (nSPS) is 10.2. The Labute approximate surface area is 105 Å². The van der Waals surface area contributed by atoms with Gasteiger partial charge in [0.1, 0.15) is 0 Å². The lowest BCUT2D eigenvalue weighted by Crippen LogP contribution is -2.33. The first-order valence-corrected chi connectivity index (χ1v) is 5.79. The Kier molecular flexibility index (Phi) is 5.60. The molecule has 16 heavy (non-hydrogen) atoms. The van der Waals surface area contributed by atoms with E-state index in [0.29, 0.717) is 23.1 Å². The summed E-state index contributed by atoms with van der Waals surface area (Å²) in [6.45, 7) is 3.38. The second-order valence-corrected chi connectivity index (χ2v) is 4.21. The van der Waals surface area contributed by atoms with Gasteiger partial charge >= 0.3 is 0 Å². The molecule has 2 N–H and O–H groups in total. The summed E-state index contributed by atoms with van der Waals surface area (Å²) in [5.74, 6) is -0.0179. The van der Waals surface area contributed by atoms with Crippen LogP contribution in [-0.2, 0) is 11.3 Å². The van der Waals surface area contributed by atoms with Crippen molar-refractivity contribution < 1.29 is 4.79 Å². The maximum absolute atomic E-state index is 11.1. The quantitative estimate of drug-likeness (QED) is 0.853. The van der Waals surface area contributed by atoms with Gasteiger partial charge in [0, 0.05) is 23.1 Å². The zero-order chi connectivity index (χ0) is 12.0. The van der Waals surface area contributed by atoms with Crippen LogP contribution in [0.1, 0.15) is 12.5 Å². The highest BCUT2D eigenvalue weighted by Gasteiger charge is 2.00. The molecule has 0 saturated heterocycles. The summed E-state index contributed by atoms with van der Waals surface area (Å²) in [4.78, 5) is 11.1. The SMILES string of the molecule is CCNC(=O)CNCc1cc(Cl)cc(Cl)c1. The van der Waals surface area contributed by atoms with Crippen LogP contribution < -0.4 is 10.6 Å². The van der Waals surface area contributed by atoms with Crippen molar-refractivity contribution in [3.8, 4) is 0 Å². The molecule has 1 amide bonds. The summed E-state index contributed by atoms with van der Waals surface area (Å²) in [6, 6.07) is 5.31. The molecule has 0 aromatic heterocycles. The van der Waals surface area contributed by atoms with E-state index in [1.807, 2.05) is 19.1 Å². The van der Waals surface area contributed by atoms with Gasteiger partial charge in [-0.1, -0.05) is 23.2 Å². The molecule has 0 aliphatic heterocycles. The van der Waals surface area contributed by atoms with Crippen LogP contribution in [0.3, 0.4) is 0 Å². The molecule has 5 heteroatoms. The summed E-state index contributed by atoms with van der Waals surface area (Å²) in [5.41, 5.74) is 0.960. The number of hydrogen-bond donors (Lipinski definition) is 2. The Hall–Kier alpha value is -0.770. The Balaban J connectivity index is 2.40. The number of benzene rings is 1. The number of hydrogen-bond acceptors (Lipinski definition) is 2. The molecule has 1 aromatic rings. The van der Waals surface area contributed by atoms with Gasteiger partial charge in [0.15, 0.2) is 0 Å². The summed E-state index contributed by atoms with van der Waals surface area (Å²) < 4.78 is 0. The third kappa shape index (κ3) is 4.84. The van der Waals surface area contributed by atoms with E-state index in [-0.39, 0.29) is 12.5 Å². The summed E-state index contributed by atoms with van der Waals surface area (Å²) >= 11 is 11.7. The monoisotopic (exact) mass is 260 g/mol. The zero-order valence-corrected chi connectivity index (χ0v) is 10.5. The number of rotatable bonds is 5. The van der Waals surface area contributed by atoms with Crippen molar-refractivity contribution in [2.45, 2.75) is 13.5 Å². The standard InChI is InChI=1S/C11H14Cl2N2O/c1-2-15-11(16)7-14-6-8-3-9(12)5-10(13)4-8/h3-5,14H,2,6-7H2,1H3,(H,15,16). The Bertz CT molecular complexity index is 349. The van der Waals surface area contributed by atoms with E-state index in [1.165, 1.54) is 0 Å². The summed E-state index contributed by atoms with van der Waals surface area (Å²) in [6.07, 6.45) is 0. The van der Waals surface area contributed by atoms with Crippen LogP contribution >= 0.6 is 23.2 Å². The number of carbonyl (C=O) groups is 1. The largest absolute Gasteiger partial charge is 0.355 e. The Morgan fingerprint density at radius 2 is 1.88 bits per heavy atom. The molecule has 0 bridgehead atoms. The number of nitrogens with one attached hydrogen (secondary N) is 2. The molecule has 1 rings (SSSR count). The molecule has 0 unspecified atom stereocenters. The Morgan fingerprint density at radius 3 is 2.44 bits per heavy atom. The van der Waals surface area contributed by atoms with Gasteiger partial charge in [0.25, 0.3) is 0 Å². The Morgan fingerprint density at radius 1 is 1.25 bits per heavy atom. The van der Waals surface area contributed by atoms with Crippen molar-refractivity contribution in [2.75, 3.05) is 13.1 Å². The average molecular weight is 261 g/mol. The molecule has 0 aliphatic rings. The minimum Gasteiger partial charge on any atom is -0.355 e. The molecule has 0 fully saturated rings. The van der Waals surface area contributed by atoms with Crippen LogP contribution in [0.2, 0.25) is 10.0 Å². The third-order valence-corrected chi connectivity index (χ3v) is 2.35. The molecule has 0 spiro atoms. The van der Waals surface area contributed by atoms with Crippen molar-refractivity contribution in [3.63, 3.8) is 0 Å². The van der Waals surface area contributed by atoms with Gasteiger partial charge in [-0.05, 0) is 30.7 Å². The molecule has 0 aliphatic carbocycles. The van der Waals surface area contributed by atoms with E-state index in [9.17, 15) is 4.79 Å². The van der Waals surface area contributed by atoms with Crippen LogP contribution in [0.25, 0.3) is 0 Å². The fraction of sp³-hybridized carbons (Fsp3) is 0.364. The molecular weight excluding hydrogens is 247 g/mol. The molecule has 0 radical (unpaired) electrons. The average Bonchev–Trinajstić information content (AvgIpc) is 2.16. The highest BCUT2D eigenvalue weighted by Crippen LogP contribution is 2.18. The van der Waals surface area contributed by atoms with Crippen LogP contribution in [0, 0.1) is 0 Å². The van der Waals surface area contributed by atoms with Gasteiger partial charge < -0.3 is 10.6 Å². The highest BCUT2D eigenvalue weighted by molar-refractivity contribution is 6.34. The molecular formula is C11H14Cl2N2O. The van der Waals surface area contributed by atoms with E-state index in [0.717, 1.165) is 5.56 Å². The first kappa shape index (κ1) is 13.3. The second-order valence-electron chi connectivity index (χ2n) is 3.33. The molecule has 1 aromatic carbocycles. The smallest absolute Gasteiger partial charge is 0.233 e. The van der Waals surface area contributed by atoms with Crippen LogP contribution in [0.5, 0.6) is 0 Å². The van der Waals surface area contributed by atoms with Gasteiger partial charge in [-0.15, -0.1) is 0 Å². The predicted octanol–water partition coefficient (Wildman–Crippen LogP) is 2.22. The molecule has 0 atom stereocenters. The number of halogens is 2. The number of carbonyl (C=O) groups excluding carboxylic acids is 1. The van der Waals surface area contributed by atoms with Gasteiger partial charge in [0.2, 0.25) is 5.91 Å². The van der Waals surface area contributed by atoms with Crippen molar-refractivity contribution >= 4 is 29.1 Å². The lowest BCUT2D eigenvalue weighted by molar-refractivity contribution is -0.120. The van der Waals surface area contributed by atoms with Crippen LogP contribution in [0.15, 0.2) is 18.2 Å². The van der Waals surface area contributed by atoms with Crippen LogP contribution in [-0.4, -0.2) is 19.0 Å². The van der Waals surface area contributed by atoms with Crippen molar-refractivity contribution in [1.29, 1.82) is 0 Å². The van der Waals surface area contributed by atoms with E-state index >= 15 is 0 Å². The van der Waals surface area contributed by atoms with Crippen molar-refractivity contribution in [3.05, 3.63) is 33.8 Å². The van der Waals surface area contributed by atoms with E-state index in [4.69, 9.17) is 23.2 Å². The third-order valence-electron chi connectivity index (χ3n) is 1.91. The predicted molar refractivity (Wildman–Crippen MR) is 66.9 cm³/mol. The second kappa shape index (κ2) is 6.74. The molecule has 3 nitrogen and oxygen atoms in total. The maximum Gasteiger partial charge on any atom is 0.233 e. The molecule has 88 valence electrons. The van der Waals surface area contributed by atoms with Gasteiger partial charge in [-0.2, -0.15) is 0 Å². The van der Waals surface area contributed by atoms with E-state index in [1.54, 1.807) is 6.07 Å². The fourth-order valence-electron chi connectivity index (χ4n) is 1.29. The van der Waals surface area contributed by atoms with Gasteiger partial charge in [-0.3, -0.25) is 4.79 Å². The maximum atomic E-state index is 11.1. The van der Waals surface area contributed by atoms with E-state index < -0.39 is 0 Å². The van der Waals surface area contributed by atoms with Gasteiger partial charge in [-0.25, -0.2) is 0 Å². The lowest BCUT2D eigenvalue weighted by atomic mass is 10.2. The van der Waals surface area contributed by atoms with Crippen molar-refractivity contribution in [1.82, 2.24) is 10.6 Å². The minimum absolute atomic E-state index is 0.0179. The molecule has 0 saturated carbocycles. The summed E-state index contributed by atoms with van der Waals surface area (Å²) in [7, 11) is 0. The number of likely N-dealkylation sites (N-methyl/N-ethyl adjacent to an activating group) is 1. The lowest BCUT2D eigenvalue weighted by Gasteiger charge is -2.06. The van der Waals surface area contributed by atoms with Gasteiger partial charge in [0.05, 0.1) is 6.54 Å². The van der Waals surface area contributed by atoms with Crippen molar-refractivity contribution in [2.24, 2.45) is 0 Å². The van der Waals surface area contributed by atoms with E-state index in [2.05, 4.69) is 10.6 Å². The first-order chi connectivity index (χ1) is 7.61. The topological polar surface area (TPSA) is 41.1 Å².